The molecule has 8 heteroatoms. The van der Waals surface area contributed by atoms with E-state index >= 15 is 0 Å². The van der Waals surface area contributed by atoms with Gasteiger partial charge in [0.2, 0.25) is 15.9 Å². The number of anilines is 1. The van der Waals surface area contributed by atoms with Crippen molar-refractivity contribution in [3.8, 4) is 11.5 Å². The van der Waals surface area contributed by atoms with Crippen molar-refractivity contribution in [1.29, 1.82) is 0 Å². The van der Waals surface area contributed by atoms with Crippen LogP contribution in [-0.2, 0) is 14.8 Å². The molecule has 22 heavy (non-hydrogen) atoms. The number of hydrogen-bond acceptors (Lipinski definition) is 5. The van der Waals surface area contributed by atoms with Crippen molar-refractivity contribution in [1.82, 2.24) is 4.31 Å². The fraction of sp³-hybridized carbons (Fsp3) is 0.500. The summed E-state index contributed by atoms with van der Waals surface area (Å²) in [5.74, 6) is 0.748. The van der Waals surface area contributed by atoms with E-state index in [4.69, 9.17) is 9.47 Å². The second-order valence-electron chi connectivity index (χ2n) is 4.97. The van der Waals surface area contributed by atoms with E-state index in [0.717, 1.165) is 6.42 Å². The number of nitrogens with zero attached hydrogens (tertiary/aromatic N) is 1. The molecule has 0 atom stereocenters. The molecule has 0 unspecified atom stereocenters. The maximum Gasteiger partial charge on any atom is 0.239 e. The van der Waals surface area contributed by atoms with Gasteiger partial charge in [-0.05, 0) is 25.0 Å². The van der Waals surface area contributed by atoms with Gasteiger partial charge in [-0.15, -0.1) is 0 Å². The number of hydrogen-bond donors (Lipinski definition) is 1. The molecule has 0 bridgehead atoms. The molecule has 0 aromatic heterocycles. The normalized spacial score (nSPS) is 17.7. The number of ether oxygens (including phenoxy) is 2. The van der Waals surface area contributed by atoms with Crippen LogP contribution in [-0.4, -0.2) is 51.7 Å². The lowest BCUT2D eigenvalue weighted by Gasteiger charge is -2.25. The van der Waals surface area contributed by atoms with Gasteiger partial charge in [-0.2, -0.15) is 4.31 Å². The van der Waals surface area contributed by atoms with Crippen molar-refractivity contribution < 1.29 is 22.7 Å². The molecule has 7 nitrogen and oxygen atoms in total. The Morgan fingerprint density at radius 1 is 1.27 bits per heavy atom. The van der Waals surface area contributed by atoms with Crippen molar-refractivity contribution >= 4 is 21.6 Å². The molecule has 1 fully saturated rings. The summed E-state index contributed by atoms with van der Waals surface area (Å²) in [6.07, 6.45) is 1.42. The molecule has 0 aliphatic carbocycles. The first-order valence-electron chi connectivity index (χ1n) is 6.96. The Bertz CT molecular complexity index is 645. The Morgan fingerprint density at radius 3 is 2.68 bits per heavy atom. The average Bonchev–Trinajstić information content (AvgIpc) is 2.49. The number of benzene rings is 1. The highest BCUT2D eigenvalue weighted by Gasteiger charge is 2.27. The molecule has 0 spiro atoms. The lowest BCUT2D eigenvalue weighted by Crippen LogP contribution is -2.42. The number of carbonyl (C=O) groups excluding carboxylic acids is 1. The molecule has 1 aromatic rings. The van der Waals surface area contributed by atoms with E-state index in [2.05, 4.69) is 5.32 Å². The van der Waals surface area contributed by atoms with E-state index in [1.54, 1.807) is 18.2 Å². The Hall–Kier alpha value is -1.80. The van der Waals surface area contributed by atoms with E-state index in [1.807, 2.05) is 0 Å². The quantitative estimate of drug-likeness (QED) is 0.874. The summed E-state index contributed by atoms with van der Waals surface area (Å²) in [6.45, 7) is 0.188. The van der Waals surface area contributed by atoms with Gasteiger partial charge in [0.1, 0.15) is 11.5 Å². The molecule has 1 saturated heterocycles. The molecule has 1 heterocycles. The Balaban J connectivity index is 2.08. The summed E-state index contributed by atoms with van der Waals surface area (Å²) >= 11 is 0. The molecular weight excluding hydrogens is 308 g/mol. The topological polar surface area (TPSA) is 84.9 Å². The van der Waals surface area contributed by atoms with Gasteiger partial charge in [0.25, 0.3) is 0 Å². The first-order valence-corrected chi connectivity index (χ1v) is 8.57. The lowest BCUT2D eigenvalue weighted by molar-refractivity contribution is -0.116. The van der Waals surface area contributed by atoms with Gasteiger partial charge in [-0.3, -0.25) is 4.79 Å². The monoisotopic (exact) mass is 328 g/mol. The minimum absolute atomic E-state index is 0.1000. The molecule has 2 rings (SSSR count). The van der Waals surface area contributed by atoms with Crippen LogP contribution in [0.2, 0.25) is 0 Å². The van der Waals surface area contributed by atoms with Crippen molar-refractivity contribution in [3.63, 3.8) is 0 Å². The molecule has 1 aliphatic rings. The van der Waals surface area contributed by atoms with Crippen molar-refractivity contribution in [2.24, 2.45) is 0 Å². The van der Waals surface area contributed by atoms with Crippen LogP contribution < -0.4 is 14.8 Å². The third-order valence-corrected chi connectivity index (χ3v) is 5.36. The van der Waals surface area contributed by atoms with Crippen molar-refractivity contribution in [2.45, 2.75) is 12.8 Å². The summed E-state index contributed by atoms with van der Waals surface area (Å²) in [5.41, 5.74) is 0.446. The van der Waals surface area contributed by atoms with Crippen LogP contribution in [0.1, 0.15) is 12.8 Å². The number of amides is 1. The SMILES string of the molecule is COc1ccc(OC)c(NC(=O)CN2CCCCS2(=O)=O)c1. The number of methoxy groups -OCH3 is 2. The highest BCUT2D eigenvalue weighted by Crippen LogP contribution is 2.28. The molecule has 1 N–H and O–H groups in total. The van der Waals surface area contributed by atoms with Gasteiger partial charge >= 0.3 is 0 Å². The number of sulfonamides is 1. The maximum absolute atomic E-state index is 12.1. The molecule has 1 aliphatic heterocycles. The molecule has 0 radical (unpaired) electrons. The summed E-state index contributed by atoms with van der Waals surface area (Å²) in [5, 5.41) is 2.67. The third-order valence-electron chi connectivity index (χ3n) is 3.45. The third kappa shape index (κ3) is 3.89. The predicted molar refractivity (Wildman–Crippen MR) is 82.8 cm³/mol. The van der Waals surface area contributed by atoms with Crippen LogP contribution >= 0.6 is 0 Å². The van der Waals surface area contributed by atoms with Crippen molar-refractivity contribution in [3.05, 3.63) is 18.2 Å². The van der Waals surface area contributed by atoms with Crippen LogP contribution in [0.25, 0.3) is 0 Å². The van der Waals surface area contributed by atoms with E-state index in [-0.39, 0.29) is 12.3 Å². The van der Waals surface area contributed by atoms with Gasteiger partial charge in [0, 0.05) is 12.6 Å². The summed E-state index contributed by atoms with van der Waals surface area (Å²) in [7, 11) is -0.309. The predicted octanol–water partition coefficient (Wildman–Crippen LogP) is 1.07. The van der Waals surface area contributed by atoms with Gasteiger partial charge in [-0.25, -0.2) is 8.42 Å². The first kappa shape index (κ1) is 16.6. The zero-order valence-corrected chi connectivity index (χ0v) is 13.5. The highest BCUT2D eigenvalue weighted by molar-refractivity contribution is 7.89. The molecule has 122 valence electrons. The first-order chi connectivity index (χ1) is 10.5. The zero-order chi connectivity index (χ0) is 16.2. The van der Waals surface area contributed by atoms with E-state index in [0.29, 0.717) is 30.2 Å². The molecule has 1 aromatic carbocycles. The lowest BCUT2D eigenvalue weighted by atomic mass is 10.2. The van der Waals surface area contributed by atoms with Gasteiger partial charge in [-0.1, -0.05) is 0 Å². The van der Waals surface area contributed by atoms with Crippen LogP contribution in [0.5, 0.6) is 11.5 Å². The Labute approximate surface area is 130 Å². The zero-order valence-electron chi connectivity index (χ0n) is 12.7. The number of carbonyl (C=O) groups is 1. The summed E-state index contributed by atoms with van der Waals surface area (Å²) < 4.78 is 35.3. The van der Waals surface area contributed by atoms with Crippen LogP contribution in [0.15, 0.2) is 18.2 Å². The molecular formula is C14H20N2O5S. The molecule has 1 amide bonds. The van der Waals surface area contributed by atoms with Crippen molar-refractivity contribution in [2.75, 3.05) is 38.4 Å². The standard InChI is InChI=1S/C14H20N2O5S/c1-20-11-5-6-13(21-2)12(9-11)15-14(17)10-16-7-3-4-8-22(16,18)19/h5-6,9H,3-4,7-8,10H2,1-2H3,(H,15,17). The van der Waals surface area contributed by atoms with E-state index in [1.165, 1.54) is 18.5 Å². The Kier molecular flexibility index (Phi) is 5.25. The van der Waals surface area contributed by atoms with Gasteiger partial charge < -0.3 is 14.8 Å². The smallest absolute Gasteiger partial charge is 0.239 e. The average molecular weight is 328 g/mol. The second kappa shape index (κ2) is 6.97. The fourth-order valence-electron chi connectivity index (χ4n) is 2.28. The largest absolute Gasteiger partial charge is 0.497 e. The summed E-state index contributed by atoms with van der Waals surface area (Å²) in [4.78, 5) is 12.1. The van der Waals surface area contributed by atoms with Gasteiger partial charge in [0.15, 0.2) is 0 Å². The second-order valence-corrected chi connectivity index (χ2v) is 7.06. The minimum atomic E-state index is -3.32. The van der Waals surface area contributed by atoms with Crippen LogP contribution in [0, 0.1) is 0 Å². The highest BCUT2D eigenvalue weighted by atomic mass is 32.2. The van der Waals surface area contributed by atoms with Crippen LogP contribution in [0.3, 0.4) is 0 Å². The van der Waals surface area contributed by atoms with Crippen LogP contribution in [0.4, 0.5) is 5.69 Å². The van der Waals surface area contributed by atoms with E-state index in [9.17, 15) is 13.2 Å². The number of nitrogens with one attached hydrogen (secondary N) is 1. The summed E-state index contributed by atoms with van der Waals surface area (Å²) in [6, 6.07) is 5.01. The Morgan fingerprint density at radius 2 is 2.05 bits per heavy atom. The molecule has 0 saturated carbocycles. The van der Waals surface area contributed by atoms with Gasteiger partial charge in [0.05, 0.1) is 32.2 Å². The van der Waals surface area contributed by atoms with E-state index < -0.39 is 15.9 Å². The number of rotatable bonds is 5. The maximum atomic E-state index is 12.1. The minimum Gasteiger partial charge on any atom is -0.497 e. The fourth-order valence-corrected chi connectivity index (χ4v) is 3.83.